The molecule has 1 aromatic heterocycles. The van der Waals surface area contributed by atoms with Gasteiger partial charge in [0, 0.05) is 17.7 Å². The molecule has 1 amide bonds. The summed E-state index contributed by atoms with van der Waals surface area (Å²) in [7, 11) is 0. The summed E-state index contributed by atoms with van der Waals surface area (Å²) < 4.78 is 5.34. The number of benzene rings is 2. The van der Waals surface area contributed by atoms with Crippen molar-refractivity contribution in [3.8, 4) is 0 Å². The zero-order valence-electron chi connectivity index (χ0n) is 16.1. The zero-order chi connectivity index (χ0) is 21.5. The number of amides is 1. The second-order valence-electron chi connectivity index (χ2n) is 7.20. The quantitative estimate of drug-likeness (QED) is 0.381. The van der Waals surface area contributed by atoms with Gasteiger partial charge in [0.15, 0.2) is 11.4 Å². The lowest BCUT2D eigenvalue weighted by Crippen LogP contribution is -2.41. The number of furan rings is 1. The number of nitro groups is 1. The Bertz CT molecular complexity index is 1150. The lowest BCUT2D eigenvalue weighted by molar-refractivity contribution is -0.384. The normalized spacial score (nSPS) is 17.8. The van der Waals surface area contributed by atoms with Crippen LogP contribution < -0.4 is 4.90 Å². The first-order valence-corrected chi connectivity index (χ1v) is 9.26. The molecule has 1 atom stereocenters. The number of anilines is 1. The molecule has 0 bridgehead atoms. The smallest absolute Gasteiger partial charge is 0.269 e. The molecule has 3 aromatic rings. The van der Waals surface area contributed by atoms with Crippen molar-refractivity contribution < 1.29 is 24.0 Å². The summed E-state index contributed by atoms with van der Waals surface area (Å²) in [6.07, 6.45) is -0.452. The van der Waals surface area contributed by atoms with Crippen LogP contribution in [0.15, 0.2) is 65.1 Å². The molecule has 1 N–H and O–H groups in total. The maximum absolute atomic E-state index is 13.2. The second-order valence-corrected chi connectivity index (χ2v) is 7.20. The van der Waals surface area contributed by atoms with Crippen LogP contribution >= 0.6 is 0 Å². The number of carbonyl (C=O) groups excluding carboxylic acids is 2. The number of hydrogen-bond donors (Lipinski definition) is 1. The van der Waals surface area contributed by atoms with E-state index in [4.69, 9.17) is 4.42 Å². The Kier molecular flexibility index (Phi) is 4.71. The third-order valence-electron chi connectivity index (χ3n) is 5.16. The lowest BCUT2D eigenvalue weighted by atomic mass is 9.89. The van der Waals surface area contributed by atoms with Crippen LogP contribution in [-0.4, -0.2) is 21.7 Å². The number of Topliss-reactive ketones (excluding diaryl/α,β-unsaturated/α-hetero) is 1. The standard InChI is InChI=1S/C22H18N2O6/c1-14-6-11-20(30-14)19(25)12-22(27)17-4-2-3-5-18(17)23(21(22)26)13-15-7-9-16(10-8-15)24(28)29/h2-11,27H,12-13H2,1H3/t22-/m1/s1. The van der Waals surface area contributed by atoms with Crippen molar-refractivity contribution in [2.24, 2.45) is 0 Å². The zero-order valence-corrected chi connectivity index (χ0v) is 16.1. The maximum atomic E-state index is 13.2. The van der Waals surface area contributed by atoms with Gasteiger partial charge >= 0.3 is 0 Å². The topological polar surface area (TPSA) is 114 Å². The number of para-hydroxylation sites is 1. The summed E-state index contributed by atoms with van der Waals surface area (Å²) in [6, 6.07) is 15.7. The van der Waals surface area contributed by atoms with E-state index in [9.17, 15) is 24.8 Å². The molecule has 0 radical (unpaired) electrons. The van der Waals surface area contributed by atoms with Crippen molar-refractivity contribution in [2.75, 3.05) is 4.90 Å². The Hall–Kier alpha value is -3.78. The highest BCUT2D eigenvalue weighted by Crippen LogP contribution is 2.43. The lowest BCUT2D eigenvalue weighted by Gasteiger charge is -2.22. The van der Waals surface area contributed by atoms with E-state index in [1.807, 2.05) is 0 Å². The Balaban J connectivity index is 1.65. The molecule has 2 heterocycles. The van der Waals surface area contributed by atoms with Crippen LogP contribution in [-0.2, 0) is 16.9 Å². The molecule has 0 unspecified atom stereocenters. The van der Waals surface area contributed by atoms with Crippen LogP contribution in [0.25, 0.3) is 0 Å². The van der Waals surface area contributed by atoms with Gasteiger partial charge in [-0.1, -0.05) is 30.3 Å². The summed E-state index contributed by atoms with van der Waals surface area (Å²) in [4.78, 5) is 37.6. The van der Waals surface area contributed by atoms with Gasteiger partial charge in [0.05, 0.1) is 23.6 Å². The van der Waals surface area contributed by atoms with E-state index in [0.717, 1.165) is 0 Å². The first kappa shape index (κ1) is 19.5. The molecule has 0 aliphatic carbocycles. The van der Waals surface area contributed by atoms with Gasteiger partial charge in [-0.2, -0.15) is 0 Å². The van der Waals surface area contributed by atoms with E-state index in [2.05, 4.69) is 0 Å². The Morgan fingerprint density at radius 3 is 2.47 bits per heavy atom. The average molecular weight is 406 g/mol. The number of aryl methyl sites for hydroxylation is 1. The average Bonchev–Trinajstić information content (AvgIpc) is 3.25. The molecule has 1 aliphatic rings. The van der Waals surface area contributed by atoms with E-state index in [1.165, 1.54) is 23.1 Å². The summed E-state index contributed by atoms with van der Waals surface area (Å²) in [5.74, 6) is -0.465. The van der Waals surface area contributed by atoms with Crippen LogP contribution in [0.3, 0.4) is 0 Å². The van der Waals surface area contributed by atoms with E-state index in [1.54, 1.807) is 49.4 Å². The van der Waals surface area contributed by atoms with Gasteiger partial charge in [-0.25, -0.2) is 0 Å². The Morgan fingerprint density at radius 2 is 1.83 bits per heavy atom. The predicted molar refractivity (Wildman–Crippen MR) is 107 cm³/mol. The monoisotopic (exact) mass is 406 g/mol. The fourth-order valence-electron chi connectivity index (χ4n) is 3.64. The molecule has 0 fully saturated rings. The van der Waals surface area contributed by atoms with E-state index < -0.39 is 28.6 Å². The van der Waals surface area contributed by atoms with Gasteiger partial charge in [-0.3, -0.25) is 19.7 Å². The minimum Gasteiger partial charge on any atom is -0.458 e. The van der Waals surface area contributed by atoms with Crippen LogP contribution in [0.5, 0.6) is 0 Å². The number of aliphatic hydroxyl groups is 1. The molecular formula is C22H18N2O6. The van der Waals surface area contributed by atoms with Gasteiger partial charge in [-0.15, -0.1) is 0 Å². The van der Waals surface area contributed by atoms with Crippen LogP contribution in [0.2, 0.25) is 0 Å². The molecule has 152 valence electrons. The molecule has 0 spiro atoms. The van der Waals surface area contributed by atoms with Crippen LogP contribution in [0.1, 0.15) is 33.9 Å². The number of nitrogens with zero attached hydrogens (tertiary/aromatic N) is 2. The van der Waals surface area contributed by atoms with E-state index in [-0.39, 0.29) is 18.0 Å². The number of non-ortho nitro benzene ring substituents is 1. The molecule has 0 saturated heterocycles. The first-order chi connectivity index (χ1) is 14.3. The molecule has 8 heteroatoms. The fraction of sp³-hybridized carbons (Fsp3) is 0.182. The number of nitro benzene ring substituents is 1. The summed E-state index contributed by atoms with van der Waals surface area (Å²) in [5.41, 5.74) is -0.584. The van der Waals surface area contributed by atoms with Crippen molar-refractivity contribution in [1.82, 2.24) is 0 Å². The molecule has 4 rings (SSSR count). The van der Waals surface area contributed by atoms with Gasteiger partial charge in [-0.05, 0) is 30.7 Å². The number of rotatable bonds is 6. The van der Waals surface area contributed by atoms with Crippen molar-refractivity contribution >= 4 is 23.1 Å². The highest BCUT2D eigenvalue weighted by Gasteiger charge is 2.51. The summed E-state index contributed by atoms with van der Waals surface area (Å²) in [5, 5.41) is 22.1. The number of carbonyl (C=O) groups is 2. The van der Waals surface area contributed by atoms with Crippen LogP contribution in [0, 0.1) is 17.0 Å². The Labute approximate surface area is 171 Å². The van der Waals surface area contributed by atoms with E-state index in [0.29, 0.717) is 22.6 Å². The number of fused-ring (bicyclic) bond motifs is 1. The Morgan fingerprint density at radius 1 is 1.13 bits per heavy atom. The summed E-state index contributed by atoms with van der Waals surface area (Å²) in [6.45, 7) is 1.80. The van der Waals surface area contributed by atoms with Crippen molar-refractivity contribution in [1.29, 1.82) is 0 Å². The van der Waals surface area contributed by atoms with Crippen molar-refractivity contribution in [2.45, 2.75) is 25.5 Å². The third-order valence-corrected chi connectivity index (χ3v) is 5.16. The molecular weight excluding hydrogens is 388 g/mol. The second kappa shape index (κ2) is 7.23. The summed E-state index contributed by atoms with van der Waals surface area (Å²) >= 11 is 0. The molecule has 1 aliphatic heterocycles. The fourth-order valence-corrected chi connectivity index (χ4v) is 3.64. The van der Waals surface area contributed by atoms with Crippen LogP contribution in [0.4, 0.5) is 11.4 Å². The third kappa shape index (κ3) is 3.27. The van der Waals surface area contributed by atoms with Gasteiger partial charge in [0.1, 0.15) is 5.76 Å². The number of hydrogen-bond acceptors (Lipinski definition) is 6. The maximum Gasteiger partial charge on any atom is 0.269 e. The molecule has 30 heavy (non-hydrogen) atoms. The van der Waals surface area contributed by atoms with Gasteiger partial charge < -0.3 is 14.4 Å². The largest absolute Gasteiger partial charge is 0.458 e. The highest BCUT2D eigenvalue weighted by molar-refractivity contribution is 6.10. The predicted octanol–water partition coefficient (Wildman–Crippen LogP) is 3.50. The highest BCUT2D eigenvalue weighted by atomic mass is 16.6. The first-order valence-electron chi connectivity index (χ1n) is 9.26. The molecule has 0 saturated carbocycles. The molecule has 2 aromatic carbocycles. The minimum atomic E-state index is -2.02. The SMILES string of the molecule is Cc1ccc(C(=O)C[C@]2(O)C(=O)N(Cc3ccc([N+](=O)[O-])cc3)c3ccccc32)o1. The van der Waals surface area contributed by atoms with Crippen molar-refractivity contribution in [3.05, 3.63) is 93.4 Å². The minimum absolute atomic E-state index is 0.0530. The molecule has 8 nitrogen and oxygen atoms in total. The van der Waals surface area contributed by atoms with Crippen molar-refractivity contribution in [3.63, 3.8) is 0 Å². The number of ketones is 1. The van der Waals surface area contributed by atoms with Gasteiger partial charge in [0.25, 0.3) is 11.6 Å². The van der Waals surface area contributed by atoms with E-state index >= 15 is 0 Å². The van der Waals surface area contributed by atoms with Gasteiger partial charge in [0.2, 0.25) is 5.78 Å².